The molecule has 0 aliphatic carbocycles. The van der Waals surface area contributed by atoms with Gasteiger partial charge in [0.15, 0.2) is 6.23 Å². The molecule has 2 aromatic rings. The Kier molecular flexibility index (Phi) is 3.14. The second-order valence-corrected chi connectivity index (χ2v) is 5.53. The van der Waals surface area contributed by atoms with Crippen LogP contribution < -0.4 is 5.73 Å². The van der Waals surface area contributed by atoms with E-state index in [1.54, 1.807) is 10.6 Å². The number of hydrogen-bond acceptors (Lipinski definition) is 7. The number of aliphatic hydroxyl groups is 3. The Hall–Kier alpha value is -1.74. The predicted molar refractivity (Wildman–Crippen MR) is 74.3 cm³/mol. The van der Waals surface area contributed by atoms with Crippen LogP contribution in [0.15, 0.2) is 12.4 Å². The molecule has 1 saturated heterocycles. The van der Waals surface area contributed by atoms with Gasteiger partial charge in [0, 0.05) is 5.69 Å². The van der Waals surface area contributed by atoms with Crippen LogP contribution in [0.25, 0.3) is 11.0 Å². The maximum Gasteiger partial charge on any atom is 0.167 e. The average molecular weight is 294 g/mol. The van der Waals surface area contributed by atoms with Crippen molar-refractivity contribution in [3.8, 4) is 0 Å². The van der Waals surface area contributed by atoms with E-state index < -0.39 is 24.0 Å². The molecule has 0 radical (unpaired) electrons. The van der Waals surface area contributed by atoms with Crippen molar-refractivity contribution in [1.29, 1.82) is 0 Å². The smallest absolute Gasteiger partial charge is 0.167 e. The van der Waals surface area contributed by atoms with Crippen molar-refractivity contribution in [2.45, 2.75) is 37.9 Å². The minimum Gasteiger partial charge on any atom is -0.394 e. The molecule has 2 aromatic heterocycles. The lowest BCUT2D eigenvalue weighted by Gasteiger charge is -2.28. The largest absolute Gasteiger partial charge is 0.394 e. The molecule has 2 unspecified atom stereocenters. The van der Waals surface area contributed by atoms with Gasteiger partial charge in [0.25, 0.3) is 0 Å². The summed E-state index contributed by atoms with van der Waals surface area (Å²) < 4.78 is 7.28. The van der Waals surface area contributed by atoms with E-state index in [9.17, 15) is 15.3 Å². The minimum atomic E-state index is -1.57. The standard InChI is InChI=1S/C13H18N4O4/c1-6-3-7-10(14)15-5-16-11(7)17(6)12-13(2,20)9(19)8(4-18)21-12/h3,5,8-9,12,18-20H,4H2,1-2H3,(H2,14,15,16)/t8?,9-,12?,13+/m1/s1. The fourth-order valence-corrected chi connectivity index (χ4v) is 2.84. The Morgan fingerprint density at radius 3 is 2.81 bits per heavy atom. The Morgan fingerprint density at radius 1 is 1.48 bits per heavy atom. The van der Waals surface area contributed by atoms with Crippen LogP contribution in [0.1, 0.15) is 18.8 Å². The zero-order valence-electron chi connectivity index (χ0n) is 11.8. The molecule has 1 fully saturated rings. The fraction of sp³-hybridized carbons (Fsp3) is 0.538. The van der Waals surface area contributed by atoms with Gasteiger partial charge in [0.2, 0.25) is 0 Å². The number of nitrogens with two attached hydrogens (primary N) is 1. The molecule has 0 saturated carbocycles. The topological polar surface area (TPSA) is 127 Å². The van der Waals surface area contributed by atoms with Crippen LogP contribution in [0.5, 0.6) is 0 Å². The zero-order valence-corrected chi connectivity index (χ0v) is 11.8. The van der Waals surface area contributed by atoms with Crippen molar-refractivity contribution in [2.24, 2.45) is 0 Å². The number of rotatable bonds is 2. The minimum absolute atomic E-state index is 0.332. The lowest BCUT2D eigenvalue weighted by atomic mass is 9.96. The van der Waals surface area contributed by atoms with Crippen molar-refractivity contribution >= 4 is 16.9 Å². The summed E-state index contributed by atoms with van der Waals surface area (Å²) in [6.07, 6.45) is -1.61. The number of ether oxygens (including phenoxy) is 1. The molecule has 1 aliphatic heterocycles. The van der Waals surface area contributed by atoms with E-state index >= 15 is 0 Å². The molecule has 0 spiro atoms. The summed E-state index contributed by atoms with van der Waals surface area (Å²) in [4.78, 5) is 8.12. The van der Waals surface area contributed by atoms with Gasteiger partial charge in [-0.2, -0.15) is 0 Å². The number of nitrogen functional groups attached to an aromatic ring is 1. The normalized spacial score (nSPS) is 32.9. The van der Waals surface area contributed by atoms with Crippen molar-refractivity contribution in [3.05, 3.63) is 18.1 Å². The highest BCUT2D eigenvalue weighted by Crippen LogP contribution is 2.40. The lowest BCUT2D eigenvalue weighted by molar-refractivity contribution is -0.0955. The van der Waals surface area contributed by atoms with Crippen molar-refractivity contribution in [2.75, 3.05) is 12.3 Å². The molecule has 8 heteroatoms. The number of fused-ring (bicyclic) bond motifs is 1. The van der Waals surface area contributed by atoms with Crippen molar-refractivity contribution < 1.29 is 20.1 Å². The summed E-state index contributed by atoms with van der Waals surface area (Å²) in [6.45, 7) is 2.90. The molecule has 5 N–H and O–H groups in total. The molecule has 0 aromatic carbocycles. The molecule has 3 heterocycles. The van der Waals surface area contributed by atoms with Crippen LogP contribution in [0.2, 0.25) is 0 Å². The average Bonchev–Trinajstić information content (AvgIpc) is 2.87. The summed E-state index contributed by atoms with van der Waals surface area (Å²) >= 11 is 0. The highest BCUT2D eigenvalue weighted by Gasteiger charge is 2.53. The maximum absolute atomic E-state index is 10.6. The van der Waals surface area contributed by atoms with E-state index in [-0.39, 0.29) is 6.61 Å². The number of anilines is 1. The number of aromatic nitrogens is 3. The van der Waals surface area contributed by atoms with Gasteiger partial charge in [-0.05, 0) is 19.9 Å². The van der Waals surface area contributed by atoms with Gasteiger partial charge in [-0.1, -0.05) is 0 Å². The highest BCUT2D eigenvalue weighted by molar-refractivity contribution is 5.87. The van der Waals surface area contributed by atoms with E-state index in [0.29, 0.717) is 16.9 Å². The third kappa shape index (κ3) is 1.91. The van der Waals surface area contributed by atoms with Crippen LogP contribution in [0, 0.1) is 6.92 Å². The summed E-state index contributed by atoms with van der Waals surface area (Å²) in [5.41, 5.74) is 5.53. The van der Waals surface area contributed by atoms with Gasteiger partial charge in [-0.15, -0.1) is 0 Å². The second-order valence-electron chi connectivity index (χ2n) is 5.53. The number of nitrogens with zero attached hydrogens (tertiary/aromatic N) is 3. The van der Waals surface area contributed by atoms with Gasteiger partial charge in [0.05, 0.1) is 12.0 Å². The van der Waals surface area contributed by atoms with Crippen LogP contribution >= 0.6 is 0 Å². The molecule has 8 nitrogen and oxygen atoms in total. The van der Waals surface area contributed by atoms with Gasteiger partial charge in [-0.3, -0.25) is 0 Å². The maximum atomic E-state index is 10.6. The molecule has 114 valence electrons. The molecule has 0 bridgehead atoms. The van der Waals surface area contributed by atoms with Crippen LogP contribution in [-0.2, 0) is 4.74 Å². The van der Waals surface area contributed by atoms with Gasteiger partial charge in [-0.25, -0.2) is 9.97 Å². The molecular formula is C13H18N4O4. The summed E-state index contributed by atoms with van der Waals surface area (Å²) in [5, 5.41) is 30.6. The fourth-order valence-electron chi connectivity index (χ4n) is 2.84. The van der Waals surface area contributed by atoms with E-state index in [1.165, 1.54) is 13.3 Å². The SMILES string of the molecule is Cc1cc2c(N)ncnc2n1C1OC(CO)[C@@H](O)[C@]1(C)O. The predicted octanol–water partition coefficient (Wildman–Crippen LogP) is -0.676. The number of aryl methyl sites for hydroxylation is 1. The third-order valence-corrected chi connectivity index (χ3v) is 4.02. The van der Waals surface area contributed by atoms with E-state index in [1.807, 2.05) is 6.92 Å². The lowest BCUT2D eigenvalue weighted by Crippen LogP contribution is -2.44. The zero-order chi connectivity index (χ0) is 15.4. The third-order valence-electron chi connectivity index (χ3n) is 4.02. The molecule has 0 amide bonds. The van der Waals surface area contributed by atoms with E-state index in [0.717, 1.165) is 5.69 Å². The monoisotopic (exact) mass is 294 g/mol. The van der Waals surface area contributed by atoms with Gasteiger partial charge in [0.1, 0.15) is 35.6 Å². The first-order valence-electron chi connectivity index (χ1n) is 6.62. The van der Waals surface area contributed by atoms with Gasteiger partial charge < -0.3 is 30.4 Å². The molecule has 4 atom stereocenters. The van der Waals surface area contributed by atoms with Crippen molar-refractivity contribution in [3.63, 3.8) is 0 Å². The van der Waals surface area contributed by atoms with Crippen LogP contribution in [0.4, 0.5) is 5.82 Å². The summed E-state index contributed by atoms with van der Waals surface area (Å²) in [7, 11) is 0. The van der Waals surface area contributed by atoms with Gasteiger partial charge >= 0.3 is 0 Å². The van der Waals surface area contributed by atoms with Crippen LogP contribution in [-0.4, -0.2) is 54.3 Å². The highest BCUT2D eigenvalue weighted by atomic mass is 16.6. The molecular weight excluding hydrogens is 276 g/mol. The number of hydrogen-bond donors (Lipinski definition) is 4. The van der Waals surface area contributed by atoms with Crippen LogP contribution in [0.3, 0.4) is 0 Å². The second kappa shape index (κ2) is 4.63. The Labute approximate surface area is 120 Å². The Morgan fingerprint density at radius 2 is 2.19 bits per heavy atom. The van der Waals surface area contributed by atoms with Crippen molar-refractivity contribution in [1.82, 2.24) is 14.5 Å². The first kappa shape index (κ1) is 14.2. The van der Waals surface area contributed by atoms with E-state index in [4.69, 9.17) is 10.5 Å². The Bertz CT molecular complexity index is 684. The summed E-state index contributed by atoms with van der Waals surface area (Å²) in [6, 6.07) is 1.79. The summed E-state index contributed by atoms with van der Waals surface area (Å²) in [5.74, 6) is 0.332. The first-order chi connectivity index (χ1) is 9.87. The number of aliphatic hydroxyl groups excluding tert-OH is 2. The quantitative estimate of drug-likeness (QED) is 0.578. The Balaban J connectivity index is 2.17. The molecule has 1 aliphatic rings. The molecule has 3 rings (SSSR count). The molecule has 21 heavy (non-hydrogen) atoms. The first-order valence-corrected chi connectivity index (χ1v) is 6.62. The van der Waals surface area contributed by atoms with E-state index in [2.05, 4.69) is 9.97 Å².